The molecule has 1 saturated heterocycles. The van der Waals surface area contributed by atoms with Gasteiger partial charge >= 0.3 is 5.97 Å². The van der Waals surface area contributed by atoms with Crippen molar-refractivity contribution in [1.29, 1.82) is 0 Å². The minimum absolute atomic E-state index is 0.0517. The Bertz CT molecular complexity index is 1720. The summed E-state index contributed by atoms with van der Waals surface area (Å²) in [4.78, 5) is 46.2. The fourth-order valence-corrected chi connectivity index (χ4v) is 7.79. The molecule has 1 atom stereocenters. The van der Waals surface area contributed by atoms with Crippen LogP contribution in [0.4, 0.5) is 5.69 Å². The van der Waals surface area contributed by atoms with Crippen molar-refractivity contribution in [3.05, 3.63) is 95.6 Å². The Labute approximate surface area is 283 Å². The lowest BCUT2D eigenvalue weighted by atomic mass is 9.89. The highest BCUT2D eigenvalue weighted by Gasteiger charge is 2.30. The molecule has 2 fully saturated rings. The predicted octanol–water partition coefficient (Wildman–Crippen LogP) is 7.52. The van der Waals surface area contributed by atoms with E-state index in [9.17, 15) is 19.5 Å². The van der Waals surface area contributed by atoms with Crippen LogP contribution in [-0.4, -0.2) is 49.9 Å². The van der Waals surface area contributed by atoms with Crippen LogP contribution in [0.15, 0.2) is 78.9 Å². The largest absolute Gasteiger partial charge is 0.478 e. The summed E-state index contributed by atoms with van der Waals surface area (Å²) in [6.45, 7) is 1.91. The van der Waals surface area contributed by atoms with Crippen LogP contribution >= 0.6 is 22.6 Å². The first kappa shape index (κ1) is 32.1. The van der Waals surface area contributed by atoms with Crippen LogP contribution in [-0.2, 0) is 11.3 Å². The normalized spacial score (nSPS) is 17.0. The lowest BCUT2D eigenvalue weighted by Crippen LogP contribution is -2.39. The van der Waals surface area contributed by atoms with Gasteiger partial charge in [-0.25, -0.2) is 9.78 Å². The number of halogens is 1. The summed E-state index contributed by atoms with van der Waals surface area (Å²) in [5, 5.41) is 16.4. The van der Waals surface area contributed by atoms with Crippen LogP contribution in [0.3, 0.4) is 0 Å². The molecule has 3 N–H and O–H groups in total. The number of carboxylic acids is 1. The van der Waals surface area contributed by atoms with E-state index in [1.807, 2.05) is 54.6 Å². The average molecular weight is 731 g/mol. The van der Waals surface area contributed by atoms with Gasteiger partial charge in [0.15, 0.2) is 0 Å². The van der Waals surface area contributed by atoms with E-state index in [2.05, 4.69) is 38.1 Å². The van der Waals surface area contributed by atoms with Crippen molar-refractivity contribution in [3.8, 4) is 11.3 Å². The Morgan fingerprint density at radius 3 is 2.35 bits per heavy atom. The lowest BCUT2D eigenvalue weighted by Gasteiger charge is -2.32. The van der Waals surface area contributed by atoms with Crippen molar-refractivity contribution >= 4 is 57.0 Å². The van der Waals surface area contributed by atoms with Crippen LogP contribution in [0, 0.1) is 11.8 Å². The summed E-state index contributed by atoms with van der Waals surface area (Å²) in [5.41, 5.74) is 4.78. The molecular weight excluding hydrogens is 691 g/mol. The molecule has 1 saturated carbocycles. The van der Waals surface area contributed by atoms with Gasteiger partial charge in [0, 0.05) is 34.7 Å². The molecule has 8 nitrogen and oxygen atoms in total. The SMILES string of the molecule is O=C(O)c1cccc(NC(=O)C2CCN(Cc3c(-c4ccccc4)nc4ccccc4c3C(=O)N[C@@H](I)C3CCCCC3)CC2)c1. The van der Waals surface area contributed by atoms with Crippen LogP contribution in [0.25, 0.3) is 22.2 Å². The number of piperidine rings is 1. The number of para-hydroxylation sites is 1. The van der Waals surface area contributed by atoms with Crippen molar-refractivity contribution in [3.63, 3.8) is 0 Å². The third-order valence-corrected chi connectivity index (χ3v) is 10.6. The first-order chi connectivity index (χ1) is 22.4. The van der Waals surface area contributed by atoms with Crippen LogP contribution < -0.4 is 10.6 Å². The van der Waals surface area contributed by atoms with E-state index in [1.54, 1.807) is 12.1 Å². The summed E-state index contributed by atoms with van der Waals surface area (Å²) in [7, 11) is 0. The topological polar surface area (TPSA) is 112 Å². The van der Waals surface area contributed by atoms with Crippen molar-refractivity contribution in [2.75, 3.05) is 18.4 Å². The van der Waals surface area contributed by atoms with Gasteiger partial charge in [-0.1, -0.05) is 96.5 Å². The smallest absolute Gasteiger partial charge is 0.335 e. The number of anilines is 1. The summed E-state index contributed by atoms with van der Waals surface area (Å²) >= 11 is 2.41. The van der Waals surface area contributed by atoms with E-state index in [-0.39, 0.29) is 27.3 Å². The number of aromatic carboxylic acids is 1. The highest BCUT2D eigenvalue weighted by atomic mass is 127. The molecule has 2 amide bonds. The first-order valence-corrected chi connectivity index (χ1v) is 17.4. The molecule has 1 aliphatic heterocycles. The molecule has 0 bridgehead atoms. The number of hydrogen-bond donors (Lipinski definition) is 3. The van der Waals surface area contributed by atoms with Gasteiger partial charge in [-0.2, -0.15) is 0 Å². The minimum atomic E-state index is -1.03. The minimum Gasteiger partial charge on any atom is -0.478 e. The standard InChI is InChI=1S/C37H39IN4O4/c38-34(25-12-5-2-6-13-25)41-36(44)32-29-16-7-8-17-31(29)40-33(24-10-3-1-4-11-24)30(32)23-42-20-18-26(19-21-42)35(43)39-28-15-9-14-27(22-28)37(45)46/h1,3-4,7-11,14-17,22,25-26,34H,2,5-6,12-13,18-21,23H2,(H,39,43)(H,41,44)(H,45,46)/t34-/m1/s1. The van der Waals surface area contributed by atoms with Crippen LogP contribution in [0.1, 0.15) is 71.2 Å². The molecule has 2 heterocycles. The Hall–Kier alpha value is -3.83. The molecule has 0 radical (unpaired) electrons. The molecule has 0 unspecified atom stereocenters. The number of benzene rings is 3. The zero-order valence-electron chi connectivity index (χ0n) is 25.8. The number of fused-ring (bicyclic) bond motifs is 1. The molecule has 6 rings (SSSR count). The Balaban J connectivity index is 1.26. The van der Waals surface area contributed by atoms with E-state index in [0.29, 0.717) is 49.6 Å². The van der Waals surface area contributed by atoms with E-state index < -0.39 is 5.97 Å². The number of nitrogens with zero attached hydrogens (tertiary/aromatic N) is 2. The van der Waals surface area contributed by atoms with Crippen LogP contribution in [0.5, 0.6) is 0 Å². The summed E-state index contributed by atoms with van der Waals surface area (Å²) in [5.74, 6) is -0.908. The summed E-state index contributed by atoms with van der Waals surface area (Å²) in [6.07, 6.45) is 7.29. The van der Waals surface area contributed by atoms with Gasteiger partial charge in [-0.05, 0) is 69.0 Å². The van der Waals surface area contributed by atoms with Gasteiger partial charge in [-0.3, -0.25) is 14.5 Å². The Kier molecular flexibility index (Phi) is 10.3. The molecule has 238 valence electrons. The zero-order valence-corrected chi connectivity index (χ0v) is 27.9. The predicted molar refractivity (Wildman–Crippen MR) is 189 cm³/mol. The number of carbonyl (C=O) groups excluding carboxylic acids is 2. The third-order valence-electron chi connectivity index (χ3n) is 9.32. The second kappa shape index (κ2) is 14.7. The number of amides is 2. The van der Waals surface area contributed by atoms with Crippen molar-refractivity contribution in [2.24, 2.45) is 11.8 Å². The van der Waals surface area contributed by atoms with E-state index in [1.165, 1.54) is 31.4 Å². The second-order valence-corrected chi connectivity index (χ2v) is 13.7. The maximum Gasteiger partial charge on any atom is 0.335 e. The number of rotatable bonds is 9. The van der Waals surface area contributed by atoms with Gasteiger partial charge in [0.2, 0.25) is 5.91 Å². The van der Waals surface area contributed by atoms with Crippen molar-refractivity contribution in [1.82, 2.24) is 15.2 Å². The lowest BCUT2D eigenvalue weighted by molar-refractivity contribution is -0.121. The van der Waals surface area contributed by atoms with Crippen molar-refractivity contribution in [2.45, 2.75) is 55.5 Å². The number of nitrogens with one attached hydrogen (secondary N) is 2. The number of pyridine rings is 1. The fourth-order valence-electron chi connectivity index (χ4n) is 6.79. The molecule has 1 aliphatic carbocycles. The summed E-state index contributed by atoms with van der Waals surface area (Å²) < 4.78 is 0.0517. The highest BCUT2D eigenvalue weighted by Crippen LogP contribution is 2.34. The molecule has 1 aromatic heterocycles. The highest BCUT2D eigenvalue weighted by molar-refractivity contribution is 14.1. The Morgan fingerprint density at radius 2 is 1.61 bits per heavy atom. The number of carboxylic acid groups (broad SMARTS) is 1. The monoisotopic (exact) mass is 730 g/mol. The third kappa shape index (κ3) is 7.41. The van der Waals surface area contributed by atoms with E-state index in [0.717, 1.165) is 40.6 Å². The number of alkyl halides is 1. The van der Waals surface area contributed by atoms with Gasteiger partial charge in [0.1, 0.15) is 0 Å². The maximum atomic E-state index is 14.3. The zero-order chi connectivity index (χ0) is 32.0. The molecule has 4 aromatic rings. The van der Waals surface area contributed by atoms with Gasteiger partial charge in [-0.15, -0.1) is 0 Å². The number of carbonyl (C=O) groups is 3. The molecule has 9 heteroatoms. The second-order valence-electron chi connectivity index (χ2n) is 12.4. The van der Waals surface area contributed by atoms with E-state index in [4.69, 9.17) is 4.98 Å². The Morgan fingerprint density at radius 1 is 0.891 bits per heavy atom. The number of likely N-dealkylation sites (tertiary alicyclic amines) is 1. The fraction of sp³-hybridized carbons (Fsp3) is 0.351. The number of aromatic nitrogens is 1. The van der Waals surface area contributed by atoms with Crippen molar-refractivity contribution < 1.29 is 19.5 Å². The molecule has 0 spiro atoms. The maximum absolute atomic E-state index is 14.3. The van der Waals surface area contributed by atoms with Crippen LogP contribution in [0.2, 0.25) is 0 Å². The number of hydrogen-bond acceptors (Lipinski definition) is 5. The van der Waals surface area contributed by atoms with Gasteiger partial charge < -0.3 is 15.7 Å². The molecular formula is C37H39IN4O4. The summed E-state index contributed by atoms with van der Waals surface area (Å²) in [6, 6.07) is 24.3. The molecule has 3 aromatic carbocycles. The first-order valence-electron chi connectivity index (χ1n) is 16.2. The quantitative estimate of drug-likeness (QED) is 0.0934. The van der Waals surface area contributed by atoms with Gasteiger partial charge in [0.05, 0.1) is 26.4 Å². The van der Waals surface area contributed by atoms with Gasteiger partial charge in [0.25, 0.3) is 5.91 Å². The van der Waals surface area contributed by atoms with E-state index >= 15 is 0 Å². The molecule has 46 heavy (non-hydrogen) atoms. The average Bonchev–Trinajstić information content (AvgIpc) is 3.09. The molecule has 2 aliphatic rings.